The van der Waals surface area contributed by atoms with E-state index >= 15 is 0 Å². The number of pyridine rings is 1. The lowest BCUT2D eigenvalue weighted by Crippen LogP contribution is -2.50. The number of carbonyl (C=O) groups excluding carboxylic acids is 1. The molecular formula is C24H29N7O2. The molecule has 3 N–H and O–H groups in total. The van der Waals surface area contributed by atoms with E-state index < -0.39 is 5.60 Å². The van der Waals surface area contributed by atoms with Crippen LogP contribution in [0.15, 0.2) is 54.9 Å². The van der Waals surface area contributed by atoms with Gasteiger partial charge in [-0.3, -0.25) is 0 Å². The summed E-state index contributed by atoms with van der Waals surface area (Å²) in [5, 5.41) is 3.33. The minimum absolute atomic E-state index is 0.281. The van der Waals surface area contributed by atoms with E-state index in [1.54, 1.807) is 17.3 Å². The van der Waals surface area contributed by atoms with E-state index in [9.17, 15) is 4.79 Å². The first-order valence-electron chi connectivity index (χ1n) is 10.9. The van der Waals surface area contributed by atoms with E-state index in [0.29, 0.717) is 43.8 Å². The first-order valence-corrected chi connectivity index (χ1v) is 10.9. The van der Waals surface area contributed by atoms with Crippen molar-refractivity contribution < 1.29 is 9.53 Å². The third-order valence-electron chi connectivity index (χ3n) is 5.13. The van der Waals surface area contributed by atoms with E-state index in [4.69, 9.17) is 10.5 Å². The molecule has 1 saturated heterocycles. The number of nitrogens with one attached hydrogen (secondary N) is 1. The van der Waals surface area contributed by atoms with E-state index in [1.807, 2.05) is 63.2 Å². The van der Waals surface area contributed by atoms with Crippen molar-refractivity contribution >= 4 is 29.4 Å². The Balaban J connectivity index is 1.37. The summed E-state index contributed by atoms with van der Waals surface area (Å²) in [6.45, 7) is 8.04. The van der Waals surface area contributed by atoms with Gasteiger partial charge < -0.3 is 25.6 Å². The molecule has 0 radical (unpaired) electrons. The lowest BCUT2D eigenvalue weighted by Gasteiger charge is -2.35. The van der Waals surface area contributed by atoms with Gasteiger partial charge in [-0.1, -0.05) is 12.1 Å². The van der Waals surface area contributed by atoms with Crippen LogP contribution in [0.25, 0.3) is 11.1 Å². The molecular weight excluding hydrogens is 418 g/mol. The maximum Gasteiger partial charge on any atom is 0.410 e. The number of aromatic nitrogens is 3. The van der Waals surface area contributed by atoms with Crippen LogP contribution in [0.4, 0.5) is 28.1 Å². The molecule has 33 heavy (non-hydrogen) atoms. The number of nitrogens with two attached hydrogens (primary N) is 1. The van der Waals surface area contributed by atoms with Gasteiger partial charge in [0.1, 0.15) is 17.2 Å². The van der Waals surface area contributed by atoms with Crippen molar-refractivity contribution in [3.63, 3.8) is 0 Å². The maximum atomic E-state index is 12.3. The lowest BCUT2D eigenvalue weighted by molar-refractivity contribution is 0.0240. The molecule has 1 amide bonds. The fraction of sp³-hybridized carbons (Fsp3) is 0.333. The van der Waals surface area contributed by atoms with Gasteiger partial charge in [-0.05, 0) is 62.2 Å². The van der Waals surface area contributed by atoms with Crippen LogP contribution in [0, 0.1) is 0 Å². The highest BCUT2D eigenvalue weighted by Crippen LogP contribution is 2.24. The Labute approximate surface area is 193 Å². The molecule has 0 unspecified atom stereocenters. The Bertz CT molecular complexity index is 1100. The molecule has 9 heteroatoms. The summed E-state index contributed by atoms with van der Waals surface area (Å²) in [6, 6.07) is 13.6. The zero-order valence-corrected chi connectivity index (χ0v) is 19.2. The normalized spacial score (nSPS) is 14.2. The van der Waals surface area contributed by atoms with Crippen LogP contribution >= 0.6 is 0 Å². The summed E-state index contributed by atoms with van der Waals surface area (Å²) < 4.78 is 5.46. The van der Waals surface area contributed by atoms with Crippen molar-refractivity contribution in [1.29, 1.82) is 0 Å². The van der Waals surface area contributed by atoms with Crippen molar-refractivity contribution in [3.8, 4) is 11.1 Å². The summed E-state index contributed by atoms with van der Waals surface area (Å²) in [5.74, 6) is 1.83. The zero-order valence-electron chi connectivity index (χ0n) is 19.2. The van der Waals surface area contributed by atoms with Crippen molar-refractivity contribution in [2.45, 2.75) is 26.4 Å². The fourth-order valence-corrected chi connectivity index (χ4v) is 3.51. The molecule has 3 heterocycles. The van der Waals surface area contributed by atoms with Gasteiger partial charge in [0.25, 0.3) is 0 Å². The quantitative estimate of drug-likeness (QED) is 0.619. The third-order valence-corrected chi connectivity index (χ3v) is 5.13. The summed E-state index contributed by atoms with van der Waals surface area (Å²) >= 11 is 0. The Morgan fingerprint density at radius 2 is 1.67 bits per heavy atom. The van der Waals surface area contributed by atoms with Crippen LogP contribution in [0.3, 0.4) is 0 Å². The number of nitrogen functional groups attached to an aromatic ring is 1. The molecule has 0 bridgehead atoms. The first-order chi connectivity index (χ1) is 15.8. The van der Waals surface area contributed by atoms with Crippen LogP contribution in [0.5, 0.6) is 0 Å². The second kappa shape index (κ2) is 9.32. The average Bonchev–Trinajstić information content (AvgIpc) is 2.79. The molecule has 9 nitrogen and oxygen atoms in total. The lowest BCUT2D eigenvalue weighted by atomic mass is 10.1. The Morgan fingerprint density at radius 1 is 0.970 bits per heavy atom. The molecule has 0 spiro atoms. The number of hydrogen-bond donors (Lipinski definition) is 2. The molecule has 1 aromatic carbocycles. The standard InChI is InChI=1S/C24H29N7O2/c1-24(2,3)33-23(32)31-14-12-30(13-15-31)22-27-11-9-21(29-22)28-19-6-4-17(5-7-19)18-8-10-26-20(25)16-18/h4-11,16H,12-15H2,1-3H3,(H2,25,26)(H,27,28,29). The van der Waals surface area contributed by atoms with E-state index in [1.165, 1.54) is 0 Å². The van der Waals surface area contributed by atoms with Crippen LogP contribution in [-0.2, 0) is 4.74 Å². The molecule has 1 aliphatic rings. The molecule has 1 fully saturated rings. The highest BCUT2D eigenvalue weighted by atomic mass is 16.6. The Kier molecular flexibility index (Phi) is 6.30. The molecule has 4 rings (SSSR count). The van der Waals surface area contributed by atoms with Crippen molar-refractivity contribution in [3.05, 3.63) is 54.9 Å². The minimum atomic E-state index is -0.499. The van der Waals surface area contributed by atoms with Gasteiger partial charge in [0.15, 0.2) is 0 Å². The molecule has 172 valence electrons. The highest BCUT2D eigenvalue weighted by Gasteiger charge is 2.26. The smallest absolute Gasteiger partial charge is 0.410 e. The third kappa shape index (κ3) is 5.88. The molecule has 0 saturated carbocycles. The fourth-order valence-electron chi connectivity index (χ4n) is 3.51. The number of nitrogens with zero attached hydrogens (tertiary/aromatic N) is 5. The van der Waals surface area contributed by atoms with Gasteiger partial charge in [0, 0.05) is 44.3 Å². The zero-order chi connectivity index (χ0) is 23.4. The van der Waals surface area contributed by atoms with Crippen LogP contribution in [-0.4, -0.2) is 57.7 Å². The number of carbonyl (C=O) groups is 1. The summed E-state index contributed by atoms with van der Waals surface area (Å²) in [6.07, 6.45) is 3.15. The Hall–Kier alpha value is -3.88. The summed E-state index contributed by atoms with van der Waals surface area (Å²) in [5.41, 5.74) is 8.27. The average molecular weight is 448 g/mol. The van der Waals surface area contributed by atoms with Crippen molar-refractivity contribution in [2.75, 3.05) is 42.1 Å². The Morgan fingerprint density at radius 3 is 2.33 bits per heavy atom. The first kappa shape index (κ1) is 22.3. The second-order valence-electron chi connectivity index (χ2n) is 8.87. The van der Waals surface area contributed by atoms with Gasteiger partial charge in [0.05, 0.1) is 0 Å². The number of rotatable bonds is 4. The number of piperazine rings is 1. The van der Waals surface area contributed by atoms with Gasteiger partial charge >= 0.3 is 6.09 Å². The number of amides is 1. The van der Waals surface area contributed by atoms with Crippen molar-refractivity contribution in [1.82, 2.24) is 19.9 Å². The number of ether oxygens (including phenoxy) is 1. The number of benzene rings is 1. The maximum absolute atomic E-state index is 12.3. The van der Waals surface area contributed by atoms with Crippen LogP contribution in [0.2, 0.25) is 0 Å². The van der Waals surface area contributed by atoms with Crippen molar-refractivity contribution in [2.24, 2.45) is 0 Å². The molecule has 2 aromatic heterocycles. The summed E-state index contributed by atoms with van der Waals surface area (Å²) in [7, 11) is 0. The van der Waals surface area contributed by atoms with Gasteiger partial charge in [-0.25, -0.2) is 14.8 Å². The number of hydrogen-bond acceptors (Lipinski definition) is 8. The van der Waals surface area contributed by atoms with Gasteiger partial charge in [-0.15, -0.1) is 0 Å². The predicted molar refractivity (Wildman–Crippen MR) is 129 cm³/mol. The molecule has 1 aliphatic heterocycles. The SMILES string of the molecule is CC(C)(C)OC(=O)N1CCN(c2nccc(Nc3ccc(-c4ccnc(N)c4)cc3)n2)CC1. The highest BCUT2D eigenvalue weighted by molar-refractivity contribution is 5.70. The monoisotopic (exact) mass is 447 g/mol. The number of anilines is 4. The molecule has 0 aliphatic carbocycles. The summed E-state index contributed by atoms with van der Waals surface area (Å²) in [4.78, 5) is 29.2. The van der Waals surface area contributed by atoms with Gasteiger partial charge in [0.2, 0.25) is 5.95 Å². The predicted octanol–water partition coefficient (Wildman–Crippen LogP) is 3.92. The minimum Gasteiger partial charge on any atom is -0.444 e. The topological polar surface area (TPSA) is 110 Å². The molecule has 0 atom stereocenters. The van der Waals surface area contributed by atoms with Crippen LogP contribution in [0.1, 0.15) is 20.8 Å². The van der Waals surface area contributed by atoms with Gasteiger partial charge in [-0.2, -0.15) is 4.98 Å². The van der Waals surface area contributed by atoms with E-state index in [0.717, 1.165) is 16.8 Å². The second-order valence-corrected chi connectivity index (χ2v) is 8.87. The largest absolute Gasteiger partial charge is 0.444 e. The van der Waals surface area contributed by atoms with E-state index in [2.05, 4.69) is 25.2 Å². The van der Waals surface area contributed by atoms with Crippen LogP contribution < -0.4 is 16.0 Å². The van der Waals surface area contributed by atoms with E-state index in [-0.39, 0.29) is 6.09 Å². The molecule has 3 aromatic rings.